The van der Waals surface area contributed by atoms with E-state index >= 15 is 0 Å². The molecule has 0 aliphatic heterocycles. The molecule has 0 saturated heterocycles. The van der Waals surface area contributed by atoms with Crippen molar-refractivity contribution in [3.63, 3.8) is 0 Å². The van der Waals surface area contributed by atoms with Gasteiger partial charge in [0.25, 0.3) is 0 Å². The van der Waals surface area contributed by atoms with Gasteiger partial charge in [-0.1, -0.05) is 50.7 Å². The molecule has 0 amide bonds. The van der Waals surface area contributed by atoms with Crippen molar-refractivity contribution >= 4 is 0 Å². The molecule has 0 fully saturated rings. The van der Waals surface area contributed by atoms with Crippen LogP contribution in [0.4, 0.5) is 0 Å². The van der Waals surface area contributed by atoms with E-state index in [2.05, 4.69) is 62.8 Å². The summed E-state index contributed by atoms with van der Waals surface area (Å²) in [4.78, 5) is 0. The van der Waals surface area contributed by atoms with Crippen LogP contribution < -0.4 is 0 Å². The summed E-state index contributed by atoms with van der Waals surface area (Å²) in [5, 5.41) is 0. The molecule has 0 aliphatic carbocycles. The lowest BCUT2D eigenvalue weighted by Gasteiger charge is -2.18. The predicted octanol–water partition coefficient (Wildman–Crippen LogP) is 4.37. The number of rotatable bonds is 0. The molecule has 0 spiro atoms. The normalized spacial score (nSPS) is 10.3. The van der Waals surface area contributed by atoms with Crippen molar-refractivity contribution in [1.29, 1.82) is 0 Å². The SMILES string of the molecule is C#Cc1ccc(C#Cc2ccc(C(C)(C)C)cc2)cc1. The minimum absolute atomic E-state index is 0.178. The maximum Gasteiger partial charge on any atom is 0.0249 e. The molecule has 20 heavy (non-hydrogen) atoms. The van der Waals surface area contributed by atoms with E-state index in [4.69, 9.17) is 6.42 Å². The fourth-order valence-corrected chi connectivity index (χ4v) is 1.85. The maximum absolute atomic E-state index is 5.33. The van der Waals surface area contributed by atoms with Crippen molar-refractivity contribution in [3.8, 4) is 24.2 Å². The standard InChI is InChI=1S/C20H18/c1-5-16-6-8-17(9-7-16)10-11-18-12-14-19(15-13-18)20(2,3)4/h1,6-9,12-15H,2-4H3. The van der Waals surface area contributed by atoms with Crippen LogP contribution in [0, 0.1) is 24.2 Å². The molecule has 98 valence electrons. The van der Waals surface area contributed by atoms with Gasteiger partial charge in [-0.05, 0) is 47.4 Å². The van der Waals surface area contributed by atoms with Crippen LogP contribution in [0.25, 0.3) is 0 Å². The van der Waals surface area contributed by atoms with E-state index in [9.17, 15) is 0 Å². The maximum atomic E-state index is 5.33. The second kappa shape index (κ2) is 5.68. The Morgan fingerprint density at radius 3 is 1.50 bits per heavy atom. The lowest BCUT2D eigenvalue weighted by Crippen LogP contribution is -2.10. The van der Waals surface area contributed by atoms with Gasteiger partial charge in [-0.2, -0.15) is 0 Å². The van der Waals surface area contributed by atoms with Crippen LogP contribution in [-0.2, 0) is 5.41 Å². The summed E-state index contributed by atoms with van der Waals surface area (Å²) >= 11 is 0. The molecule has 2 aromatic carbocycles. The van der Waals surface area contributed by atoms with E-state index in [-0.39, 0.29) is 5.41 Å². The van der Waals surface area contributed by atoms with Crippen molar-refractivity contribution < 1.29 is 0 Å². The molecule has 0 radical (unpaired) electrons. The minimum Gasteiger partial charge on any atom is -0.115 e. The predicted molar refractivity (Wildman–Crippen MR) is 85.5 cm³/mol. The van der Waals surface area contributed by atoms with Gasteiger partial charge in [0.2, 0.25) is 0 Å². The average molecular weight is 258 g/mol. The van der Waals surface area contributed by atoms with E-state index in [1.807, 2.05) is 24.3 Å². The first-order valence-electron chi connectivity index (χ1n) is 6.68. The van der Waals surface area contributed by atoms with Crippen molar-refractivity contribution in [2.24, 2.45) is 0 Å². The Morgan fingerprint density at radius 2 is 1.10 bits per heavy atom. The molecule has 0 nitrogen and oxygen atoms in total. The Morgan fingerprint density at radius 1 is 0.700 bits per heavy atom. The third-order valence-electron chi connectivity index (χ3n) is 3.15. The van der Waals surface area contributed by atoms with E-state index < -0.39 is 0 Å². The zero-order valence-electron chi connectivity index (χ0n) is 12.2. The van der Waals surface area contributed by atoms with E-state index in [1.165, 1.54) is 5.56 Å². The van der Waals surface area contributed by atoms with Gasteiger partial charge < -0.3 is 0 Å². The summed E-state index contributed by atoms with van der Waals surface area (Å²) in [5.74, 6) is 8.93. The summed E-state index contributed by atoms with van der Waals surface area (Å²) in [6, 6.07) is 16.2. The van der Waals surface area contributed by atoms with Gasteiger partial charge in [-0.25, -0.2) is 0 Å². The highest BCUT2D eigenvalue weighted by atomic mass is 14.2. The van der Waals surface area contributed by atoms with Gasteiger partial charge in [0.1, 0.15) is 0 Å². The average Bonchev–Trinajstić information content (AvgIpc) is 2.45. The first-order valence-corrected chi connectivity index (χ1v) is 6.68. The molecule has 0 aliphatic rings. The Labute approximate surface area is 121 Å². The Bertz CT molecular complexity index is 675. The number of benzene rings is 2. The lowest BCUT2D eigenvalue weighted by molar-refractivity contribution is 0.590. The van der Waals surface area contributed by atoms with Crippen LogP contribution in [0.5, 0.6) is 0 Å². The molecule has 0 unspecified atom stereocenters. The molecule has 0 aromatic heterocycles. The summed E-state index contributed by atoms with van der Waals surface area (Å²) in [5.41, 5.74) is 4.38. The molecule has 0 saturated carbocycles. The molecule has 0 N–H and O–H groups in total. The van der Waals surface area contributed by atoms with Crippen molar-refractivity contribution in [2.45, 2.75) is 26.2 Å². The van der Waals surface area contributed by atoms with Crippen LogP contribution in [0.1, 0.15) is 43.0 Å². The third-order valence-corrected chi connectivity index (χ3v) is 3.15. The van der Waals surface area contributed by atoms with Crippen LogP contribution in [0.2, 0.25) is 0 Å². The van der Waals surface area contributed by atoms with E-state index in [1.54, 1.807) is 0 Å². The molecular weight excluding hydrogens is 240 g/mol. The van der Waals surface area contributed by atoms with Crippen LogP contribution >= 0.6 is 0 Å². The monoisotopic (exact) mass is 258 g/mol. The molecule has 0 bridgehead atoms. The molecular formula is C20H18. The lowest BCUT2D eigenvalue weighted by atomic mass is 9.87. The van der Waals surface area contributed by atoms with Gasteiger partial charge in [0, 0.05) is 16.7 Å². The Hall–Kier alpha value is -2.44. The summed E-state index contributed by atoms with van der Waals surface area (Å²) in [6.07, 6.45) is 5.33. The highest BCUT2D eigenvalue weighted by Gasteiger charge is 2.12. The summed E-state index contributed by atoms with van der Waals surface area (Å²) < 4.78 is 0. The molecule has 2 aromatic rings. The highest BCUT2D eigenvalue weighted by molar-refractivity contribution is 5.46. The van der Waals surface area contributed by atoms with Crippen LogP contribution in [-0.4, -0.2) is 0 Å². The number of hydrogen-bond donors (Lipinski definition) is 0. The fourth-order valence-electron chi connectivity index (χ4n) is 1.85. The molecule has 0 heterocycles. The van der Waals surface area contributed by atoms with Gasteiger partial charge in [-0.3, -0.25) is 0 Å². The van der Waals surface area contributed by atoms with Crippen LogP contribution in [0.3, 0.4) is 0 Å². The van der Waals surface area contributed by atoms with Gasteiger partial charge in [0.05, 0.1) is 0 Å². The first kappa shape index (κ1) is 14.0. The second-order valence-electron chi connectivity index (χ2n) is 5.80. The van der Waals surface area contributed by atoms with E-state index in [0.29, 0.717) is 0 Å². The second-order valence-corrected chi connectivity index (χ2v) is 5.80. The third kappa shape index (κ3) is 3.53. The van der Waals surface area contributed by atoms with Crippen LogP contribution in [0.15, 0.2) is 48.5 Å². The Kier molecular flexibility index (Phi) is 3.97. The van der Waals surface area contributed by atoms with Gasteiger partial charge in [0.15, 0.2) is 0 Å². The largest absolute Gasteiger partial charge is 0.115 e. The number of terminal acetylenes is 1. The van der Waals surface area contributed by atoms with Crippen molar-refractivity contribution in [1.82, 2.24) is 0 Å². The highest BCUT2D eigenvalue weighted by Crippen LogP contribution is 2.21. The molecule has 2 rings (SSSR count). The minimum atomic E-state index is 0.178. The Balaban J connectivity index is 2.18. The summed E-state index contributed by atoms with van der Waals surface area (Å²) in [6.45, 7) is 6.63. The van der Waals surface area contributed by atoms with E-state index in [0.717, 1.165) is 16.7 Å². The summed E-state index contributed by atoms with van der Waals surface area (Å²) in [7, 11) is 0. The zero-order chi connectivity index (χ0) is 14.6. The van der Waals surface area contributed by atoms with Gasteiger partial charge >= 0.3 is 0 Å². The quantitative estimate of drug-likeness (QED) is 0.616. The molecule has 0 atom stereocenters. The topological polar surface area (TPSA) is 0 Å². The van der Waals surface area contributed by atoms with Gasteiger partial charge in [-0.15, -0.1) is 6.42 Å². The number of hydrogen-bond acceptors (Lipinski definition) is 0. The molecule has 0 heteroatoms. The fraction of sp³-hybridized carbons (Fsp3) is 0.200. The zero-order valence-corrected chi connectivity index (χ0v) is 12.2. The van der Waals surface area contributed by atoms with Crippen molar-refractivity contribution in [3.05, 3.63) is 70.8 Å². The first-order chi connectivity index (χ1) is 9.49. The van der Waals surface area contributed by atoms with Crippen molar-refractivity contribution in [2.75, 3.05) is 0 Å². The smallest absolute Gasteiger partial charge is 0.0249 e.